The van der Waals surface area contributed by atoms with E-state index in [2.05, 4.69) is 4.74 Å². The first kappa shape index (κ1) is 23.9. The molecule has 2 saturated heterocycles. The standard InChI is InChI=1S/C19H21Cl2F3N2O5/c20-11-7-10(13(27)8-12(11)21)15(25)9-1-4-26(5-2-9)17(28)16-14(3-6-30-16)31-18(29)19(22,23)24/h7-9,14-16,27H,1-6,25H2/t14-,15+,16+/m0/s1. The largest absolute Gasteiger partial charge is 0.508 e. The van der Waals surface area contributed by atoms with Crippen molar-refractivity contribution in [3.05, 3.63) is 27.7 Å². The van der Waals surface area contributed by atoms with E-state index in [-0.39, 0.29) is 34.7 Å². The molecule has 172 valence electrons. The van der Waals surface area contributed by atoms with E-state index in [0.29, 0.717) is 31.5 Å². The number of nitrogens with zero attached hydrogens (tertiary/aromatic N) is 1. The molecule has 1 aromatic carbocycles. The third kappa shape index (κ3) is 5.36. The second kappa shape index (κ2) is 9.40. The predicted molar refractivity (Wildman–Crippen MR) is 105 cm³/mol. The van der Waals surface area contributed by atoms with E-state index >= 15 is 0 Å². The smallest absolute Gasteiger partial charge is 0.490 e. The number of nitrogens with two attached hydrogens (primary N) is 1. The highest BCUT2D eigenvalue weighted by molar-refractivity contribution is 6.42. The summed E-state index contributed by atoms with van der Waals surface area (Å²) in [6.07, 6.45) is -6.69. The molecule has 0 spiro atoms. The minimum atomic E-state index is -5.14. The van der Waals surface area contributed by atoms with Crippen LogP contribution in [0.1, 0.15) is 30.9 Å². The van der Waals surface area contributed by atoms with E-state index in [4.69, 9.17) is 33.7 Å². The Morgan fingerprint density at radius 1 is 1.19 bits per heavy atom. The molecule has 0 aromatic heterocycles. The van der Waals surface area contributed by atoms with Crippen LogP contribution in [0.4, 0.5) is 13.2 Å². The van der Waals surface area contributed by atoms with Crippen LogP contribution < -0.4 is 5.73 Å². The molecule has 3 N–H and O–H groups in total. The topological polar surface area (TPSA) is 102 Å². The number of carbonyl (C=O) groups is 2. The van der Waals surface area contributed by atoms with E-state index in [0.717, 1.165) is 0 Å². The van der Waals surface area contributed by atoms with Crippen molar-refractivity contribution in [1.29, 1.82) is 0 Å². The number of ether oxygens (including phenoxy) is 2. The lowest BCUT2D eigenvalue weighted by molar-refractivity contribution is -0.207. The van der Waals surface area contributed by atoms with Gasteiger partial charge < -0.3 is 25.2 Å². The molecule has 7 nitrogen and oxygen atoms in total. The summed E-state index contributed by atoms with van der Waals surface area (Å²) in [5.41, 5.74) is 6.74. The maximum absolute atomic E-state index is 12.7. The van der Waals surface area contributed by atoms with E-state index in [1.54, 1.807) is 0 Å². The van der Waals surface area contributed by atoms with Crippen molar-refractivity contribution in [1.82, 2.24) is 4.90 Å². The van der Waals surface area contributed by atoms with Crippen LogP contribution >= 0.6 is 23.2 Å². The van der Waals surface area contributed by atoms with Crippen LogP contribution in [0.3, 0.4) is 0 Å². The average Bonchev–Trinajstić information content (AvgIpc) is 3.17. The molecular formula is C19H21Cl2F3N2O5. The Bertz CT molecular complexity index is 847. The van der Waals surface area contributed by atoms with Gasteiger partial charge in [-0.25, -0.2) is 4.79 Å². The first-order valence-electron chi connectivity index (χ1n) is 9.60. The minimum Gasteiger partial charge on any atom is -0.508 e. The van der Waals surface area contributed by atoms with Gasteiger partial charge in [0.05, 0.1) is 16.7 Å². The van der Waals surface area contributed by atoms with Crippen molar-refractivity contribution < 1.29 is 37.3 Å². The van der Waals surface area contributed by atoms with Gasteiger partial charge in [-0.1, -0.05) is 23.2 Å². The molecule has 1 aromatic rings. The monoisotopic (exact) mass is 484 g/mol. The molecule has 31 heavy (non-hydrogen) atoms. The van der Waals surface area contributed by atoms with Crippen molar-refractivity contribution in [3.8, 4) is 5.75 Å². The Kier molecular flexibility index (Phi) is 7.25. The first-order valence-corrected chi connectivity index (χ1v) is 10.4. The van der Waals surface area contributed by atoms with Gasteiger partial charge in [0.1, 0.15) is 11.9 Å². The fourth-order valence-corrected chi connectivity index (χ4v) is 4.19. The third-order valence-corrected chi connectivity index (χ3v) is 6.28. The number of piperidine rings is 1. The summed E-state index contributed by atoms with van der Waals surface area (Å²) < 4.78 is 47.1. The van der Waals surface area contributed by atoms with Gasteiger partial charge >= 0.3 is 12.1 Å². The van der Waals surface area contributed by atoms with E-state index in [1.807, 2.05) is 0 Å². The van der Waals surface area contributed by atoms with Crippen molar-refractivity contribution in [2.45, 2.75) is 43.7 Å². The molecule has 0 bridgehead atoms. The zero-order valence-corrected chi connectivity index (χ0v) is 17.7. The maximum Gasteiger partial charge on any atom is 0.490 e. The molecule has 2 heterocycles. The molecule has 0 unspecified atom stereocenters. The highest BCUT2D eigenvalue weighted by atomic mass is 35.5. The van der Waals surface area contributed by atoms with E-state index < -0.39 is 36.3 Å². The molecular weight excluding hydrogens is 464 g/mol. The number of phenols is 1. The van der Waals surface area contributed by atoms with Crippen LogP contribution in [0, 0.1) is 5.92 Å². The number of phenolic OH excluding ortho intramolecular Hbond substituents is 1. The molecule has 1 amide bonds. The zero-order valence-electron chi connectivity index (χ0n) is 16.2. The van der Waals surface area contributed by atoms with Gasteiger partial charge in [-0.05, 0) is 24.8 Å². The fourth-order valence-electron chi connectivity index (χ4n) is 3.86. The second-order valence-corrected chi connectivity index (χ2v) is 8.35. The normalized spacial score (nSPS) is 23.6. The van der Waals surface area contributed by atoms with E-state index in [9.17, 15) is 27.9 Å². The van der Waals surface area contributed by atoms with Gasteiger partial charge in [-0.15, -0.1) is 0 Å². The number of esters is 1. The molecule has 2 aliphatic heterocycles. The van der Waals surface area contributed by atoms with Crippen molar-refractivity contribution in [2.24, 2.45) is 11.7 Å². The number of hydrogen-bond donors (Lipinski definition) is 2. The molecule has 2 fully saturated rings. The summed E-state index contributed by atoms with van der Waals surface area (Å²) in [5.74, 6) is -3.02. The Labute approximate surface area is 186 Å². The van der Waals surface area contributed by atoms with Gasteiger partial charge in [0.25, 0.3) is 5.91 Å². The molecule has 0 aliphatic carbocycles. The Hall–Kier alpha value is -1.75. The molecule has 12 heteroatoms. The van der Waals surface area contributed by atoms with Gasteiger partial charge in [0.15, 0.2) is 6.10 Å². The Morgan fingerprint density at radius 2 is 1.81 bits per heavy atom. The number of rotatable bonds is 4. The summed E-state index contributed by atoms with van der Waals surface area (Å²) in [7, 11) is 0. The van der Waals surface area contributed by atoms with Crippen LogP contribution in [0.2, 0.25) is 10.0 Å². The molecule has 3 rings (SSSR count). The average molecular weight is 485 g/mol. The lowest BCUT2D eigenvalue weighted by Crippen LogP contribution is -2.49. The summed E-state index contributed by atoms with van der Waals surface area (Å²) in [4.78, 5) is 25.3. The zero-order chi connectivity index (χ0) is 22.9. The van der Waals surface area contributed by atoms with Crippen molar-refractivity contribution >= 4 is 35.1 Å². The fraction of sp³-hybridized carbons (Fsp3) is 0.579. The van der Waals surface area contributed by atoms with Gasteiger partial charge in [0.2, 0.25) is 0 Å². The summed E-state index contributed by atoms with van der Waals surface area (Å²) >= 11 is 11.9. The SMILES string of the molecule is N[C@@H](c1cc(Cl)c(Cl)cc1O)C1CCN(C(=O)[C@@H]2OCC[C@@H]2OC(=O)C(F)(F)F)CC1. The summed E-state index contributed by atoms with van der Waals surface area (Å²) in [5, 5.41) is 10.6. The maximum atomic E-state index is 12.7. The van der Waals surface area contributed by atoms with Gasteiger partial charge in [0, 0.05) is 37.2 Å². The number of carbonyl (C=O) groups excluding carboxylic acids is 2. The number of alkyl halides is 3. The number of benzene rings is 1. The molecule has 0 radical (unpaired) electrons. The van der Waals surface area contributed by atoms with Crippen LogP contribution in [0.5, 0.6) is 5.75 Å². The quantitative estimate of drug-likeness (QED) is 0.636. The molecule has 0 saturated carbocycles. The van der Waals surface area contributed by atoms with Gasteiger partial charge in [-0.3, -0.25) is 4.79 Å². The number of likely N-dealkylation sites (tertiary alicyclic amines) is 1. The number of halogens is 5. The van der Waals surface area contributed by atoms with Crippen LogP contribution in [0.25, 0.3) is 0 Å². The third-order valence-electron chi connectivity index (χ3n) is 5.56. The highest BCUT2D eigenvalue weighted by Gasteiger charge is 2.47. The van der Waals surface area contributed by atoms with Gasteiger partial charge in [-0.2, -0.15) is 13.2 Å². The van der Waals surface area contributed by atoms with E-state index in [1.165, 1.54) is 17.0 Å². The number of hydrogen-bond acceptors (Lipinski definition) is 6. The predicted octanol–water partition coefficient (Wildman–Crippen LogP) is 3.20. The first-order chi connectivity index (χ1) is 14.5. The van der Waals surface area contributed by atoms with Crippen molar-refractivity contribution in [2.75, 3.05) is 19.7 Å². The Balaban J connectivity index is 1.59. The number of amides is 1. The summed E-state index contributed by atoms with van der Waals surface area (Å²) in [6.45, 7) is 0.600. The van der Waals surface area contributed by atoms with Crippen LogP contribution in [0.15, 0.2) is 12.1 Å². The minimum absolute atomic E-state index is 0.0101. The molecule has 3 atom stereocenters. The molecule has 2 aliphatic rings. The van der Waals surface area contributed by atoms with Crippen LogP contribution in [-0.2, 0) is 19.1 Å². The highest BCUT2D eigenvalue weighted by Crippen LogP contribution is 2.38. The lowest BCUT2D eigenvalue weighted by Gasteiger charge is -2.36. The van der Waals surface area contributed by atoms with Crippen LogP contribution in [-0.4, -0.2) is 60.0 Å². The Morgan fingerprint density at radius 3 is 2.42 bits per heavy atom. The summed E-state index contributed by atoms with van der Waals surface area (Å²) in [6, 6.07) is 2.28. The van der Waals surface area contributed by atoms with Crippen molar-refractivity contribution in [3.63, 3.8) is 0 Å². The lowest BCUT2D eigenvalue weighted by atomic mass is 9.85. The second-order valence-electron chi connectivity index (χ2n) is 7.54. The number of aromatic hydroxyl groups is 1.